The predicted octanol–water partition coefficient (Wildman–Crippen LogP) is -0.185. The molecule has 0 saturated heterocycles. The first kappa shape index (κ1) is 13.3. The summed E-state index contributed by atoms with van der Waals surface area (Å²) in [7, 11) is 1.96. The lowest BCUT2D eigenvalue weighted by Gasteiger charge is -2.17. The zero-order valence-corrected chi connectivity index (χ0v) is 11.8. The second-order valence-corrected chi connectivity index (χ2v) is 5.12. The molecular formula is C11H17N7S. The summed E-state index contributed by atoms with van der Waals surface area (Å²) in [4.78, 5) is 7.61. The van der Waals surface area contributed by atoms with Gasteiger partial charge in [-0.15, -0.1) is 16.4 Å². The molecule has 7 nitrogen and oxygen atoms in total. The van der Waals surface area contributed by atoms with Gasteiger partial charge in [0.05, 0.1) is 5.01 Å². The SMILES string of the molecule is Cc1csc(CCN(C)c2cc/c(=N/N)n(N)n2)n1. The highest BCUT2D eigenvalue weighted by Gasteiger charge is 2.06. The van der Waals surface area contributed by atoms with Gasteiger partial charge in [-0.1, -0.05) is 0 Å². The number of rotatable bonds is 4. The van der Waals surface area contributed by atoms with Gasteiger partial charge in [-0.2, -0.15) is 9.89 Å². The Morgan fingerprint density at radius 2 is 2.26 bits per heavy atom. The number of hydrogen-bond acceptors (Lipinski definition) is 7. The summed E-state index contributed by atoms with van der Waals surface area (Å²) in [5.41, 5.74) is 1.49. The summed E-state index contributed by atoms with van der Waals surface area (Å²) in [5.74, 6) is 11.6. The van der Waals surface area contributed by atoms with Gasteiger partial charge in [0, 0.05) is 31.1 Å². The minimum Gasteiger partial charge on any atom is -0.358 e. The Kier molecular flexibility index (Phi) is 4.00. The minimum atomic E-state index is 0.424. The van der Waals surface area contributed by atoms with E-state index in [0.717, 1.165) is 29.5 Å². The molecule has 0 spiro atoms. The van der Waals surface area contributed by atoms with E-state index >= 15 is 0 Å². The molecule has 0 radical (unpaired) electrons. The van der Waals surface area contributed by atoms with Crippen molar-refractivity contribution in [3.63, 3.8) is 0 Å². The van der Waals surface area contributed by atoms with Gasteiger partial charge >= 0.3 is 0 Å². The Labute approximate surface area is 115 Å². The smallest absolute Gasteiger partial charge is 0.190 e. The number of anilines is 1. The third-order valence-corrected chi connectivity index (χ3v) is 3.70. The Bertz CT molecular complexity index is 616. The molecule has 0 saturated carbocycles. The highest BCUT2D eigenvalue weighted by molar-refractivity contribution is 7.09. The van der Waals surface area contributed by atoms with Crippen LogP contribution in [0.5, 0.6) is 0 Å². The molecule has 2 heterocycles. The number of thiazole rings is 1. The number of nitrogens with two attached hydrogens (primary N) is 2. The van der Waals surface area contributed by atoms with Crippen molar-refractivity contribution >= 4 is 17.2 Å². The van der Waals surface area contributed by atoms with Crippen LogP contribution in [0.3, 0.4) is 0 Å². The fourth-order valence-corrected chi connectivity index (χ4v) is 2.39. The molecule has 0 fully saturated rings. The quantitative estimate of drug-likeness (QED) is 0.597. The molecule has 0 bridgehead atoms. The van der Waals surface area contributed by atoms with Gasteiger partial charge in [0.15, 0.2) is 11.3 Å². The minimum absolute atomic E-state index is 0.424. The van der Waals surface area contributed by atoms with E-state index in [1.165, 1.54) is 4.79 Å². The van der Waals surface area contributed by atoms with Crippen molar-refractivity contribution in [2.45, 2.75) is 13.3 Å². The zero-order chi connectivity index (χ0) is 13.8. The van der Waals surface area contributed by atoms with Crippen LogP contribution in [0.25, 0.3) is 0 Å². The normalized spacial score (nSPS) is 11.8. The van der Waals surface area contributed by atoms with Gasteiger partial charge in [0.1, 0.15) is 0 Å². The number of hydrogen-bond donors (Lipinski definition) is 2. The maximum atomic E-state index is 5.68. The first-order valence-corrected chi connectivity index (χ1v) is 6.69. The van der Waals surface area contributed by atoms with Crippen LogP contribution >= 0.6 is 11.3 Å². The molecule has 102 valence electrons. The van der Waals surface area contributed by atoms with Crippen LogP contribution < -0.4 is 22.1 Å². The molecule has 0 amide bonds. The lowest BCUT2D eigenvalue weighted by molar-refractivity contribution is 0.714. The standard InChI is InChI=1S/C11H17N7S/c1-8-7-19-11(14-8)5-6-17(2)10-4-3-9(15-12)18(13)16-10/h3-4,7H,5-6,12-13H2,1-2H3/b15-9-. The van der Waals surface area contributed by atoms with Gasteiger partial charge in [0.25, 0.3) is 0 Å². The van der Waals surface area contributed by atoms with Gasteiger partial charge in [-0.05, 0) is 19.1 Å². The Hall–Kier alpha value is -2.09. The largest absolute Gasteiger partial charge is 0.358 e. The molecule has 4 N–H and O–H groups in total. The van der Waals surface area contributed by atoms with E-state index in [-0.39, 0.29) is 0 Å². The Balaban J connectivity index is 2.03. The number of nitrogens with zero attached hydrogens (tertiary/aromatic N) is 5. The maximum Gasteiger partial charge on any atom is 0.190 e. The molecule has 8 heteroatoms. The molecule has 0 aliphatic rings. The summed E-state index contributed by atoms with van der Waals surface area (Å²) in [5, 5.41) is 10.9. The fraction of sp³-hybridized carbons (Fsp3) is 0.364. The van der Waals surface area contributed by atoms with Gasteiger partial charge in [-0.25, -0.2) is 4.98 Å². The Morgan fingerprint density at radius 1 is 1.47 bits per heavy atom. The van der Waals surface area contributed by atoms with Crippen LogP contribution in [-0.4, -0.2) is 28.5 Å². The molecule has 0 aromatic carbocycles. The van der Waals surface area contributed by atoms with Crippen LogP contribution in [0.4, 0.5) is 5.82 Å². The van der Waals surface area contributed by atoms with E-state index in [9.17, 15) is 0 Å². The average Bonchev–Trinajstić information content (AvgIpc) is 2.81. The number of likely N-dealkylation sites (N-methyl/N-ethyl adjacent to an activating group) is 1. The van der Waals surface area contributed by atoms with Crippen LogP contribution in [0, 0.1) is 6.92 Å². The molecule has 0 aliphatic heterocycles. The van der Waals surface area contributed by atoms with Crippen LogP contribution in [0.15, 0.2) is 22.6 Å². The molecule has 0 atom stereocenters. The summed E-state index contributed by atoms with van der Waals surface area (Å²) in [6, 6.07) is 3.56. The summed E-state index contributed by atoms with van der Waals surface area (Å²) >= 11 is 1.68. The second kappa shape index (κ2) is 5.70. The van der Waals surface area contributed by atoms with Crippen LogP contribution in [0.2, 0.25) is 0 Å². The van der Waals surface area contributed by atoms with Gasteiger partial charge in [0.2, 0.25) is 0 Å². The van der Waals surface area contributed by atoms with Crippen LogP contribution in [-0.2, 0) is 6.42 Å². The lowest BCUT2D eigenvalue weighted by Crippen LogP contribution is -2.33. The van der Waals surface area contributed by atoms with Crippen molar-refractivity contribution in [1.82, 2.24) is 14.9 Å². The molecular weight excluding hydrogens is 262 g/mol. The van der Waals surface area contributed by atoms with E-state index in [1.807, 2.05) is 24.9 Å². The van der Waals surface area contributed by atoms with E-state index in [0.29, 0.717) is 5.49 Å². The maximum absolute atomic E-state index is 5.68. The fourth-order valence-electron chi connectivity index (χ4n) is 1.62. The number of aryl methyl sites for hydroxylation is 1. The topological polar surface area (TPSA) is 98.3 Å². The van der Waals surface area contributed by atoms with Crippen molar-refractivity contribution in [2.75, 3.05) is 24.3 Å². The van der Waals surface area contributed by atoms with Crippen molar-refractivity contribution in [2.24, 2.45) is 10.9 Å². The summed E-state index contributed by atoms with van der Waals surface area (Å²) in [6.45, 7) is 2.82. The third-order valence-electron chi connectivity index (χ3n) is 2.68. The van der Waals surface area contributed by atoms with Crippen molar-refractivity contribution in [1.29, 1.82) is 0 Å². The molecule has 19 heavy (non-hydrogen) atoms. The van der Waals surface area contributed by atoms with E-state index < -0.39 is 0 Å². The zero-order valence-electron chi connectivity index (χ0n) is 10.9. The summed E-state index contributed by atoms with van der Waals surface area (Å²) in [6.07, 6.45) is 0.879. The van der Waals surface area contributed by atoms with Crippen molar-refractivity contribution < 1.29 is 0 Å². The molecule has 2 aromatic heterocycles. The summed E-state index contributed by atoms with van der Waals surface area (Å²) < 4.78 is 0. The first-order chi connectivity index (χ1) is 9.10. The average molecular weight is 279 g/mol. The number of nitrogen functional groups attached to an aromatic ring is 1. The first-order valence-electron chi connectivity index (χ1n) is 5.81. The third kappa shape index (κ3) is 3.22. The van der Waals surface area contributed by atoms with E-state index in [1.54, 1.807) is 17.4 Å². The lowest BCUT2D eigenvalue weighted by atomic mass is 10.4. The highest BCUT2D eigenvalue weighted by atomic mass is 32.1. The Morgan fingerprint density at radius 3 is 2.84 bits per heavy atom. The van der Waals surface area contributed by atoms with Gasteiger partial charge < -0.3 is 16.6 Å². The number of aromatic nitrogens is 3. The monoisotopic (exact) mass is 279 g/mol. The van der Waals surface area contributed by atoms with E-state index in [2.05, 4.69) is 20.6 Å². The van der Waals surface area contributed by atoms with Crippen molar-refractivity contribution in [3.8, 4) is 0 Å². The molecule has 2 aromatic rings. The predicted molar refractivity (Wildman–Crippen MR) is 76.0 cm³/mol. The van der Waals surface area contributed by atoms with Crippen molar-refractivity contribution in [3.05, 3.63) is 33.7 Å². The molecule has 2 rings (SSSR count). The van der Waals surface area contributed by atoms with E-state index in [4.69, 9.17) is 11.7 Å². The molecule has 0 aliphatic carbocycles. The van der Waals surface area contributed by atoms with Gasteiger partial charge in [-0.3, -0.25) is 0 Å². The highest BCUT2D eigenvalue weighted by Crippen LogP contribution is 2.11. The second-order valence-electron chi connectivity index (χ2n) is 4.18. The van der Waals surface area contributed by atoms with Crippen LogP contribution in [0.1, 0.15) is 10.7 Å². The molecule has 0 unspecified atom stereocenters.